The second kappa shape index (κ2) is 12.3. The van der Waals surface area contributed by atoms with Crippen molar-refractivity contribution in [1.82, 2.24) is 15.2 Å². The number of nitrogens with zero attached hydrogens (tertiary/aromatic N) is 3. The summed E-state index contributed by atoms with van der Waals surface area (Å²) in [6.07, 6.45) is 1.77. The Labute approximate surface area is 245 Å². The quantitative estimate of drug-likeness (QED) is 0.374. The molecule has 2 aromatic rings. The van der Waals surface area contributed by atoms with Gasteiger partial charge in [-0.05, 0) is 56.9 Å². The number of hydrogen-bond donors (Lipinski definition) is 2. The van der Waals surface area contributed by atoms with Crippen molar-refractivity contribution >= 4 is 33.8 Å². The number of carbonyl (C=O) groups excluding carboxylic acids is 1. The molecule has 2 aliphatic heterocycles. The zero-order valence-electron chi connectivity index (χ0n) is 24.2. The van der Waals surface area contributed by atoms with Gasteiger partial charge in [0, 0.05) is 53.4 Å². The SMILES string of the molecule is CCOc1ccc(Br)cc1CN[C@H]1[C@H](C(C)(C)C)[C@@H](C(=O)O)N(C(=O)OC(C)C)[C@H]1c1cccnc1N1CCC1. The molecular formula is C30H41BrN4O5. The maximum absolute atomic E-state index is 13.7. The summed E-state index contributed by atoms with van der Waals surface area (Å²) < 4.78 is 12.5. The fourth-order valence-electron chi connectivity index (χ4n) is 5.91. The molecule has 2 fully saturated rings. The lowest BCUT2D eigenvalue weighted by molar-refractivity contribution is -0.144. The Morgan fingerprint density at radius 2 is 1.95 bits per heavy atom. The van der Waals surface area contributed by atoms with E-state index >= 15 is 0 Å². The Morgan fingerprint density at radius 3 is 2.52 bits per heavy atom. The van der Waals surface area contributed by atoms with Crippen molar-refractivity contribution in [2.24, 2.45) is 11.3 Å². The molecule has 1 aromatic carbocycles. The monoisotopic (exact) mass is 616 g/mol. The number of rotatable bonds is 9. The molecule has 0 saturated carbocycles. The predicted octanol–water partition coefficient (Wildman–Crippen LogP) is 5.63. The van der Waals surface area contributed by atoms with E-state index in [2.05, 4.69) is 26.1 Å². The second-order valence-electron chi connectivity index (χ2n) is 11.8. The molecule has 2 N–H and O–H groups in total. The Balaban J connectivity index is 1.86. The van der Waals surface area contributed by atoms with Gasteiger partial charge in [0.1, 0.15) is 17.6 Å². The Kier molecular flexibility index (Phi) is 9.29. The number of halogens is 1. The number of carbonyl (C=O) groups is 2. The average Bonchev–Trinajstić information content (AvgIpc) is 3.19. The molecule has 4 atom stereocenters. The zero-order chi connectivity index (χ0) is 29.2. The second-order valence-corrected chi connectivity index (χ2v) is 12.7. The lowest BCUT2D eigenvalue weighted by atomic mass is 9.72. The number of nitrogens with one attached hydrogen (secondary N) is 1. The van der Waals surface area contributed by atoms with Crippen LogP contribution in [-0.4, -0.2) is 64.9 Å². The minimum atomic E-state index is -1.10. The van der Waals surface area contributed by atoms with Gasteiger partial charge in [0.2, 0.25) is 0 Å². The molecule has 218 valence electrons. The van der Waals surface area contributed by atoms with Gasteiger partial charge in [-0.25, -0.2) is 14.6 Å². The van der Waals surface area contributed by atoms with E-state index in [4.69, 9.17) is 14.5 Å². The molecule has 4 rings (SSSR count). The van der Waals surface area contributed by atoms with Crippen molar-refractivity contribution in [3.05, 3.63) is 52.1 Å². The van der Waals surface area contributed by atoms with E-state index in [0.29, 0.717) is 13.2 Å². The Hall–Kier alpha value is -2.85. The van der Waals surface area contributed by atoms with Crippen LogP contribution in [0.25, 0.3) is 0 Å². The third kappa shape index (κ3) is 6.22. The predicted molar refractivity (Wildman–Crippen MR) is 158 cm³/mol. The fourth-order valence-corrected chi connectivity index (χ4v) is 6.32. The number of pyridine rings is 1. The molecule has 9 nitrogen and oxygen atoms in total. The standard InChI is InChI=1S/C30H41BrN4O5/c1-7-39-22-12-11-20(31)16-19(22)17-33-24-23(30(4,5)6)26(28(36)37)35(29(38)40-18(2)3)25(24)21-10-8-13-32-27(21)34-14-9-15-34/h8,10-13,16,18,23-26,33H,7,9,14-15,17H2,1-6H3,(H,36,37)/t23-,24-,25-,26-/m0/s1. The van der Waals surface area contributed by atoms with Crippen LogP contribution >= 0.6 is 15.9 Å². The van der Waals surface area contributed by atoms with Gasteiger partial charge in [0.25, 0.3) is 0 Å². The van der Waals surface area contributed by atoms with E-state index in [0.717, 1.165) is 46.7 Å². The van der Waals surface area contributed by atoms with Gasteiger partial charge >= 0.3 is 12.1 Å². The highest BCUT2D eigenvalue weighted by Gasteiger charge is 2.59. The van der Waals surface area contributed by atoms with Crippen molar-refractivity contribution in [1.29, 1.82) is 0 Å². The van der Waals surface area contributed by atoms with Crippen LogP contribution in [0.1, 0.15) is 65.1 Å². The lowest BCUT2D eigenvalue weighted by Crippen LogP contribution is -2.48. The molecule has 0 aliphatic carbocycles. The van der Waals surface area contributed by atoms with Crippen LogP contribution in [0.15, 0.2) is 41.0 Å². The van der Waals surface area contributed by atoms with Crippen molar-refractivity contribution in [3.8, 4) is 5.75 Å². The van der Waals surface area contributed by atoms with Gasteiger partial charge in [-0.15, -0.1) is 0 Å². The van der Waals surface area contributed by atoms with E-state index in [1.807, 2.05) is 58.0 Å². The van der Waals surface area contributed by atoms with Crippen molar-refractivity contribution < 1.29 is 24.2 Å². The molecule has 0 bridgehead atoms. The minimum Gasteiger partial charge on any atom is -0.494 e. The third-order valence-electron chi connectivity index (χ3n) is 7.61. The van der Waals surface area contributed by atoms with E-state index in [1.165, 1.54) is 4.90 Å². The first-order chi connectivity index (χ1) is 18.9. The first-order valence-electron chi connectivity index (χ1n) is 14.0. The highest BCUT2D eigenvalue weighted by atomic mass is 79.9. The summed E-state index contributed by atoms with van der Waals surface area (Å²) in [6.45, 7) is 14.2. The number of benzene rings is 1. The molecule has 0 radical (unpaired) electrons. The fraction of sp³-hybridized carbons (Fsp3) is 0.567. The highest BCUT2D eigenvalue weighted by Crippen LogP contribution is 2.50. The number of carboxylic acids is 1. The molecule has 40 heavy (non-hydrogen) atoms. The zero-order valence-corrected chi connectivity index (χ0v) is 25.8. The summed E-state index contributed by atoms with van der Waals surface area (Å²) >= 11 is 3.57. The molecule has 3 heterocycles. The Morgan fingerprint density at radius 1 is 1.23 bits per heavy atom. The minimum absolute atomic E-state index is 0.401. The molecule has 2 aliphatic rings. The van der Waals surface area contributed by atoms with Crippen LogP contribution in [-0.2, 0) is 16.1 Å². The third-order valence-corrected chi connectivity index (χ3v) is 8.10. The van der Waals surface area contributed by atoms with Crippen LogP contribution in [0.4, 0.5) is 10.6 Å². The number of aliphatic carboxylic acids is 1. The van der Waals surface area contributed by atoms with E-state index < -0.39 is 47.6 Å². The molecule has 0 unspecified atom stereocenters. The topological polar surface area (TPSA) is 104 Å². The molecule has 10 heteroatoms. The van der Waals surface area contributed by atoms with E-state index in [1.54, 1.807) is 20.0 Å². The van der Waals surface area contributed by atoms with Crippen LogP contribution in [0.2, 0.25) is 0 Å². The molecule has 1 amide bonds. The normalized spacial score (nSPS) is 22.8. The van der Waals surface area contributed by atoms with Gasteiger partial charge in [0.15, 0.2) is 0 Å². The van der Waals surface area contributed by atoms with Crippen LogP contribution in [0.3, 0.4) is 0 Å². The number of amides is 1. The average molecular weight is 618 g/mol. The summed E-state index contributed by atoms with van der Waals surface area (Å²) in [7, 11) is 0. The number of hydrogen-bond acceptors (Lipinski definition) is 7. The van der Waals surface area contributed by atoms with Crippen LogP contribution < -0.4 is 15.0 Å². The van der Waals surface area contributed by atoms with Crippen molar-refractivity contribution in [2.45, 2.75) is 78.7 Å². The van der Waals surface area contributed by atoms with Crippen molar-refractivity contribution in [3.63, 3.8) is 0 Å². The number of anilines is 1. The lowest BCUT2D eigenvalue weighted by Gasteiger charge is -2.38. The van der Waals surface area contributed by atoms with Gasteiger partial charge < -0.3 is 24.8 Å². The first kappa shape index (κ1) is 30.1. The maximum Gasteiger partial charge on any atom is 0.411 e. The summed E-state index contributed by atoms with van der Waals surface area (Å²) in [4.78, 5) is 35.1. The van der Waals surface area contributed by atoms with Crippen LogP contribution in [0, 0.1) is 11.3 Å². The van der Waals surface area contributed by atoms with Gasteiger partial charge in [0.05, 0.1) is 18.8 Å². The summed E-state index contributed by atoms with van der Waals surface area (Å²) in [6, 6.07) is 7.53. The van der Waals surface area contributed by atoms with Gasteiger partial charge in [-0.2, -0.15) is 0 Å². The largest absolute Gasteiger partial charge is 0.494 e. The highest BCUT2D eigenvalue weighted by molar-refractivity contribution is 9.10. The van der Waals surface area contributed by atoms with Crippen molar-refractivity contribution in [2.75, 3.05) is 24.6 Å². The maximum atomic E-state index is 13.7. The summed E-state index contributed by atoms with van der Waals surface area (Å²) in [5.41, 5.74) is 1.29. The molecular weight excluding hydrogens is 576 g/mol. The molecule has 2 saturated heterocycles. The number of ether oxygens (including phenoxy) is 2. The van der Waals surface area contributed by atoms with E-state index in [9.17, 15) is 14.7 Å². The molecule has 1 aromatic heterocycles. The first-order valence-corrected chi connectivity index (χ1v) is 14.8. The van der Waals surface area contributed by atoms with Crippen LogP contribution in [0.5, 0.6) is 5.75 Å². The van der Waals surface area contributed by atoms with Gasteiger partial charge in [-0.1, -0.05) is 42.8 Å². The number of aromatic nitrogens is 1. The Bertz CT molecular complexity index is 1210. The molecule has 0 spiro atoms. The smallest absolute Gasteiger partial charge is 0.411 e. The number of carboxylic acid groups (broad SMARTS) is 1. The van der Waals surface area contributed by atoms with E-state index in [-0.39, 0.29) is 0 Å². The summed E-state index contributed by atoms with van der Waals surface area (Å²) in [5, 5.41) is 14.3. The summed E-state index contributed by atoms with van der Waals surface area (Å²) in [5.74, 6) is 0.0428. The number of likely N-dealkylation sites (tertiary alicyclic amines) is 1. The van der Waals surface area contributed by atoms with Gasteiger partial charge in [-0.3, -0.25) is 4.90 Å².